The van der Waals surface area contributed by atoms with Crippen molar-refractivity contribution < 1.29 is 0 Å². The van der Waals surface area contributed by atoms with Gasteiger partial charge < -0.3 is 5.32 Å². The highest BCUT2D eigenvalue weighted by atomic mass is 14.9. The van der Waals surface area contributed by atoms with Crippen molar-refractivity contribution in [2.24, 2.45) is 0 Å². The lowest BCUT2D eigenvalue weighted by molar-refractivity contribution is 0.506. The molecular formula is C15H21N. The predicted molar refractivity (Wildman–Crippen MR) is 70.3 cm³/mol. The summed E-state index contributed by atoms with van der Waals surface area (Å²) < 4.78 is 0. The van der Waals surface area contributed by atoms with Crippen molar-refractivity contribution in [3.05, 3.63) is 34.9 Å². The number of hydrogen-bond donors (Lipinski definition) is 1. The molecular weight excluding hydrogens is 194 g/mol. The van der Waals surface area contributed by atoms with Gasteiger partial charge in [-0.3, -0.25) is 0 Å². The maximum absolute atomic E-state index is 5.33. The number of aryl methyl sites for hydroxylation is 2. The van der Waals surface area contributed by atoms with Gasteiger partial charge in [0.2, 0.25) is 0 Å². The highest BCUT2D eigenvalue weighted by molar-refractivity contribution is 5.28. The molecule has 86 valence electrons. The van der Waals surface area contributed by atoms with E-state index in [-0.39, 0.29) is 0 Å². The molecule has 0 fully saturated rings. The van der Waals surface area contributed by atoms with E-state index in [1.807, 2.05) is 0 Å². The van der Waals surface area contributed by atoms with Crippen molar-refractivity contribution in [3.63, 3.8) is 0 Å². The van der Waals surface area contributed by atoms with Crippen LogP contribution in [0.2, 0.25) is 0 Å². The molecule has 1 rings (SSSR count). The van der Waals surface area contributed by atoms with Crippen molar-refractivity contribution in [1.82, 2.24) is 5.32 Å². The molecule has 0 saturated carbocycles. The van der Waals surface area contributed by atoms with Crippen LogP contribution >= 0.6 is 0 Å². The molecule has 0 aromatic heterocycles. The fraction of sp³-hybridized carbons (Fsp3) is 0.467. The minimum atomic E-state index is 0.436. The molecule has 1 aromatic rings. The zero-order chi connectivity index (χ0) is 12.0. The first-order valence-electron chi connectivity index (χ1n) is 5.89. The fourth-order valence-electron chi connectivity index (χ4n) is 1.94. The summed E-state index contributed by atoms with van der Waals surface area (Å²) in [6, 6.07) is 7.08. The molecule has 1 nitrogen and oxygen atoms in total. The fourth-order valence-corrected chi connectivity index (χ4v) is 1.94. The average molecular weight is 215 g/mol. The molecule has 0 aliphatic heterocycles. The van der Waals surface area contributed by atoms with Crippen LogP contribution < -0.4 is 5.32 Å². The molecule has 1 atom stereocenters. The topological polar surface area (TPSA) is 12.0 Å². The van der Waals surface area contributed by atoms with Crippen LogP contribution in [0.25, 0.3) is 0 Å². The summed E-state index contributed by atoms with van der Waals surface area (Å²) in [7, 11) is 0. The highest BCUT2D eigenvalue weighted by Crippen LogP contribution is 2.09. The van der Waals surface area contributed by atoms with E-state index in [1.165, 1.54) is 16.7 Å². The maximum atomic E-state index is 5.33. The van der Waals surface area contributed by atoms with E-state index in [0.29, 0.717) is 6.04 Å². The van der Waals surface area contributed by atoms with E-state index < -0.39 is 0 Å². The van der Waals surface area contributed by atoms with Crippen molar-refractivity contribution in [3.8, 4) is 12.3 Å². The second kappa shape index (κ2) is 6.35. The SMILES string of the molecule is C#CCC(CC)NCc1cc(C)cc(C)c1. The summed E-state index contributed by atoms with van der Waals surface area (Å²) in [4.78, 5) is 0. The van der Waals surface area contributed by atoms with E-state index in [2.05, 4.69) is 50.2 Å². The Hall–Kier alpha value is -1.26. The van der Waals surface area contributed by atoms with Crippen LogP contribution in [0.4, 0.5) is 0 Å². The molecule has 0 saturated heterocycles. The van der Waals surface area contributed by atoms with Crippen molar-refractivity contribution in [2.45, 2.75) is 46.2 Å². The molecule has 1 unspecified atom stereocenters. The van der Waals surface area contributed by atoms with Crippen LogP contribution in [-0.2, 0) is 6.54 Å². The van der Waals surface area contributed by atoms with Gasteiger partial charge in [-0.2, -0.15) is 0 Å². The third-order valence-electron chi connectivity index (χ3n) is 2.73. The third-order valence-corrected chi connectivity index (χ3v) is 2.73. The number of benzene rings is 1. The highest BCUT2D eigenvalue weighted by Gasteiger charge is 2.03. The molecule has 0 heterocycles. The lowest BCUT2D eigenvalue weighted by Gasteiger charge is -2.14. The van der Waals surface area contributed by atoms with Gasteiger partial charge in [-0.15, -0.1) is 12.3 Å². The molecule has 0 radical (unpaired) electrons. The van der Waals surface area contributed by atoms with Gasteiger partial charge in [0.15, 0.2) is 0 Å². The summed E-state index contributed by atoms with van der Waals surface area (Å²) in [5.74, 6) is 2.72. The van der Waals surface area contributed by atoms with Crippen molar-refractivity contribution in [2.75, 3.05) is 0 Å². The Morgan fingerprint density at radius 1 is 1.25 bits per heavy atom. The average Bonchev–Trinajstić information content (AvgIpc) is 2.23. The number of nitrogens with one attached hydrogen (secondary N) is 1. The smallest absolute Gasteiger partial charge is 0.0240 e. The van der Waals surface area contributed by atoms with E-state index >= 15 is 0 Å². The molecule has 1 aromatic carbocycles. The van der Waals surface area contributed by atoms with Crippen LogP contribution in [0.5, 0.6) is 0 Å². The van der Waals surface area contributed by atoms with E-state index in [1.54, 1.807) is 0 Å². The lowest BCUT2D eigenvalue weighted by atomic mass is 10.1. The summed E-state index contributed by atoms with van der Waals surface area (Å²) in [5, 5.41) is 3.50. The molecule has 0 aliphatic carbocycles. The van der Waals surface area contributed by atoms with Gasteiger partial charge in [0.1, 0.15) is 0 Å². The Labute approximate surface area is 99.3 Å². The molecule has 1 heteroatoms. The minimum absolute atomic E-state index is 0.436. The van der Waals surface area contributed by atoms with Crippen LogP contribution in [0.3, 0.4) is 0 Å². The molecule has 0 aliphatic rings. The monoisotopic (exact) mass is 215 g/mol. The first kappa shape index (κ1) is 12.8. The maximum Gasteiger partial charge on any atom is 0.0240 e. The van der Waals surface area contributed by atoms with Crippen LogP contribution in [0.1, 0.15) is 36.5 Å². The van der Waals surface area contributed by atoms with Gasteiger partial charge in [-0.1, -0.05) is 36.2 Å². The summed E-state index contributed by atoms with van der Waals surface area (Å²) >= 11 is 0. The van der Waals surface area contributed by atoms with E-state index in [0.717, 1.165) is 19.4 Å². The summed E-state index contributed by atoms with van der Waals surface area (Å²) in [5.41, 5.74) is 3.98. The van der Waals surface area contributed by atoms with Crippen LogP contribution in [0.15, 0.2) is 18.2 Å². The van der Waals surface area contributed by atoms with E-state index in [9.17, 15) is 0 Å². The van der Waals surface area contributed by atoms with Gasteiger partial charge in [-0.05, 0) is 25.8 Å². The van der Waals surface area contributed by atoms with Gasteiger partial charge in [0.05, 0.1) is 0 Å². The quantitative estimate of drug-likeness (QED) is 0.744. The summed E-state index contributed by atoms with van der Waals surface area (Å²) in [6.45, 7) is 7.34. The Bertz CT molecular complexity index is 353. The molecule has 0 amide bonds. The van der Waals surface area contributed by atoms with Gasteiger partial charge in [0.25, 0.3) is 0 Å². The van der Waals surface area contributed by atoms with Crippen LogP contribution in [0, 0.1) is 26.2 Å². The number of hydrogen-bond acceptors (Lipinski definition) is 1. The molecule has 0 spiro atoms. The molecule has 1 N–H and O–H groups in total. The first-order valence-corrected chi connectivity index (χ1v) is 5.89. The largest absolute Gasteiger partial charge is 0.309 e. The zero-order valence-corrected chi connectivity index (χ0v) is 10.5. The van der Waals surface area contributed by atoms with Gasteiger partial charge in [-0.25, -0.2) is 0 Å². The Morgan fingerprint density at radius 3 is 2.38 bits per heavy atom. The number of rotatable bonds is 5. The Morgan fingerprint density at radius 2 is 1.88 bits per heavy atom. The first-order chi connectivity index (χ1) is 7.65. The summed E-state index contributed by atoms with van der Waals surface area (Å²) in [6.07, 6.45) is 7.22. The minimum Gasteiger partial charge on any atom is -0.309 e. The number of terminal acetylenes is 1. The van der Waals surface area contributed by atoms with Crippen molar-refractivity contribution in [1.29, 1.82) is 0 Å². The predicted octanol–water partition coefficient (Wildman–Crippen LogP) is 3.19. The lowest BCUT2D eigenvalue weighted by Crippen LogP contribution is -2.27. The van der Waals surface area contributed by atoms with Crippen molar-refractivity contribution >= 4 is 0 Å². The Kier molecular flexibility index (Phi) is 5.08. The Balaban J connectivity index is 2.57. The normalized spacial score (nSPS) is 12.1. The molecule has 0 bridgehead atoms. The third kappa shape index (κ3) is 4.08. The molecule has 16 heavy (non-hydrogen) atoms. The van der Waals surface area contributed by atoms with E-state index in [4.69, 9.17) is 6.42 Å². The van der Waals surface area contributed by atoms with Gasteiger partial charge in [0, 0.05) is 19.0 Å². The van der Waals surface area contributed by atoms with Crippen LogP contribution in [-0.4, -0.2) is 6.04 Å². The van der Waals surface area contributed by atoms with Gasteiger partial charge >= 0.3 is 0 Å². The second-order valence-corrected chi connectivity index (χ2v) is 4.39. The zero-order valence-electron chi connectivity index (χ0n) is 10.5. The second-order valence-electron chi connectivity index (χ2n) is 4.39. The standard InChI is InChI=1S/C15H21N/c1-5-7-15(6-2)16-11-14-9-12(3)8-13(4)10-14/h1,8-10,15-16H,6-7,11H2,2-4H3.